The minimum atomic E-state index is -0.803. The Morgan fingerprint density at radius 1 is 1.41 bits per heavy atom. The van der Waals surface area contributed by atoms with E-state index in [1.165, 1.54) is 0 Å². The van der Waals surface area contributed by atoms with E-state index >= 15 is 0 Å². The standard InChI is InChI=1S/C11H20ClN3OS/c1-8(17(5)16)6-7-15-9(11(2,3)4)13-14-10(15)12/h8H,6-7H2,1-5H3. The quantitative estimate of drug-likeness (QED) is 0.849. The van der Waals surface area contributed by atoms with Crippen LogP contribution in [0.2, 0.25) is 5.28 Å². The molecule has 1 heterocycles. The molecule has 6 heteroatoms. The first-order valence-corrected chi connectivity index (χ1v) is 7.65. The molecule has 0 fully saturated rings. The van der Waals surface area contributed by atoms with Crippen molar-refractivity contribution in [3.05, 3.63) is 11.1 Å². The smallest absolute Gasteiger partial charge is 0.225 e. The summed E-state index contributed by atoms with van der Waals surface area (Å²) in [6.45, 7) is 8.91. The van der Waals surface area contributed by atoms with Crippen LogP contribution in [0.4, 0.5) is 0 Å². The number of hydrogen-bond acceptors (Lipinski definition) is 3. The fourth-order valence-electron chi connectivity index (χ4n) is 1.51. The molecule has 2 atom stereocenters. The molecule has 0 aliphatic carbocycles. The van der Waals surface area contributed by atoms with Crippen LogP contribution in [-0.2, 0) is 22.8 Å². The molecular weight excluding hydrogens is 258 g/mol. The van der Waals surface area contributed by atoms with Crippen molar-refractivity contribution >= 4 is 22.4 Å². The lowest BCUT2D eigenvalue weighted by Gasteiger charge is -2.19. The third kappa shape index (κ3) is 3.78. The van der Waals surface area contributed by atoms with Crippen LogP contribution in [0.5, 0.6) is 0 Å². The third-order valence-corrected chi connectivity index (χ3v) is 4.35. The molecule has 2 unspecified atom stereocenters. The van der Waals surface area contributed by atoms with Crippen molar-refractivity contribution in [1.82, 2.24) is 14.8 Å². The molecule has 0 saturated heterocycles. The van der Waals surface area contributed by atoms with Gasteiger partial charge in [-0.3, -0.25) is 4.21 Å². The summed E-state index contributed by atoms with van der Waals surface area (Å²) in [6.07, 6.45) is 2.53. The van der Waals surface area contributed by atoms with E-state index in [0.717, 1.165) is 12.2 Å². The second-order valence-electron chi connectivity index (χ2n) is 5.29. The Labute approximate surface area is 110 Å². The summed E-state index contributed by atoms with van der Waals surface area (Å²) in [5.41, 5.74) is -0.0885. The Bertz CT molecular complexity index is 411. The van der Waals surface area contributed by atoms with Crippen LogP contribution in [0, 0.1) is 0 Å². The fourth-order valence-corrected chi connectivity index (χ4v) is 2.15. The van der Waals surface area contributed by atoms with E-state index in [0.29, 0.717) is 11.8 Å². The first kappa shape index (κ1) is 14.6. The highest BCUT2D eigenvalue weighted by atomic mass is 35.5. The summed E-state index contributed by atoms with van der Waals surface area (Å²) < 4.78 is 13.2. The van der Waals surface area contributed by atoms with Gasteiger partial charge in [-0.15, -0.1) is 10.2 Å². The van der Waals surface area contributed by atoms with Crippen molar-refractivity contribution < 1.29 is 4.21 Å². The van der Waals surface area contributed by atoms with Crippen molar-refractivity contribution in [2.24, 2.45) is 0 Å². The number of nitrogens with zero attached hydrogens (tertiary/aromatic N) is 3. The summed E-state index contributed by atoms with van der Waals surface area (Å²) >= 11 is 6.03. The molecule has 1 aromatic rings. The summed E-state index contributed by atoms with van der Waals surface area (Å²) in [5, 5.41) is 8.58. The minimum absolute atomic E-state index is 0.0885. The highest BCUT2D eigenvalue weighted by Gasteiger charge is 2.23. The van der Waals surface area contributed by atoms with Crippen LogP contribution in [0.1, 0.15) is 39.9 Å². The van der Waals surface area contributed by atoms with E-state index in [-0.39, 0.29) is 10.7 Å². The predicted molar refractivity (Wildman–Crippen MR) is 71.9 cm³/mol. The van der Waals surface area contributed by atoms with E-state index in [1.54, 1.807) is 6.26 Å². The van der Waals surface area contributed by atoms with Crippen LogP contribution >= 0.6 is 11.6 Å². The van der Waals surface area contributed by atoms with Crippen LogP contribution in [0.25, 0.3) is 0 Å². The molecule has 0 bridgehead atoms. The summed E-state index contributed by atoms with van der Waals surface area (Å²) in [7, 11) is -0.803. The third-order valence-electron chi connectivity index (χ3n) is 2.70. The van der Waals surface area contributed by atoms with E-state index < -0.39 is 10.8 Å². The Morgan fingerprint density at radius 2 is 2.00 bits per heavy atom. The van der Waals surface area contributed by atoms with Crippen molar-refractivity contribution in [2.75, 3.05) is 6.26 Å². The van der Waals surface area contributed by atoms with Crippen LogP contribution in [0.15, 0.2) is 0 Å². The number of halogens is 1. The molecule has 0 aliphatic heterocycles. The SMILES string of the molecule is CC(CCn1c(Cl)nnc1C(C)(C)C)S(C)=O. The maximum atomic E-state index is 11.3. The van der Waals surface area contributed by atoms with Crippen molar-refractivity contribution in [2.45, 2.75) is 51.3 Å². The highest BCUT2D eigenvalue weighted by Crippen LogP contribution is 2.23. The molecule has 0 aliphatic rings. The van der Waals surface area contributed by atoms with Crippen LogP contribution < -0.4 is 0 Å². The van der Waals surface area contributed by atoms with Gasteiger partial charge in [0.1, 0.15) is 5.82 Å². The molecule has 0 spiro atoms. The molecule has 17 heavy (non-hydrogen) atoms. The van der Waals surface area contributed by atoms with Crippen LogP contribution in [0.3, 0.4) is 0 Å². The van der Waals surface area contributed by atoms with Gasteiger partial charge in [-0.1, -0.05) is 27.7 Å². The lowest BCUT2D eigenvalue weighted by Crippen LogP contribution is -2.21. The predicted octanol–water partition coefficient (Wildman–Crippen LogP) is 2.39. The van der Waals surface area contributed by atoms with Crippen molar-refractivity contribution in [3.63, 3.8) is 0 Å². The number of rotatable bonds is 4. The first-order chi connectivity index (χ1) is 7.73. The maximum absolute atomic E-state index is 11.3. The normalized spacial score (nSPS) is 15.9. The molecule has 98 valence electrons. The molecule has 4 nitrogen and oxygen atoms in total. The lowest BCUT2D eigenvalue weighted by atomic mass is 9.95. The van der Waals surface area contributed by atoms with E-state index in [2.05, 4.69) is 31.0 Å². The zero-order valence-corrected chi connectivity index (χ0v) is 12.6. The van der Waals surface area contributed by atoms with Gasteiger partial charge in [0.05, 0.1) is 0 Å². The Balaban J connectivity index is 2.84. The second kappa shape index (κ2) is 5.48. The van der Waals surface area contributed by atoms with Gasteiger partial charge in [-0.2, -0.15) is 0 Å². The Hall–Kier alpha value is -0.420. The first-order valence-electron chi connectivity index (χ1n) is 5.65. The van der Waals surface area contributed by atoms with Gasteiger partial charge >= 0.3 is 0 Å². The lowest BCUT2D eigenvalue weighted by molar-refractivity contribution is 0.488. The Kier molecular flexibility index (Phi) is 4.72. The zero-order valence-electron chi connectivity index (χ0n) is 11.0. The van der Waals surface area contributed by atoms with Crippen molar-refractivity contribution in [1.29, 1.82) is 0 Å². The second-order valence-corrected chi connectivity index (χ2v) is 7.43. The molecule has 0 radical (unpaired) electrons. The van der Waals surface area contributed by atoms with Crippen molar-refractivity contribution in [3.8, 4) is 0 Å². The van der Waals surface area contributed by atoms with Gasteiger partial charge < -0.3 is 4.57 Å². The molecule has 0 aromatic carbocycles. The Morgan fingerprint density at radius 3 is 2.47 bits per heavy atom. The molecule has 0 N–H and O–H groups in total. The van der Waals surface area contributed by atoms with Gasteiger partial charge in [0.25, 0.3) is 0 Å². The molecule has 1 aromatic heterocycles. The van der Waals surface area contributed by atoms with E-state index in [4.69, 9.17) is 11.6 Å². The number of aromatic nitrogens is 3. The maximum Gasteiger partial charge on any atom is 0.225 e. The monoisotopic (exact) mass is 277 g/mol. The van der Waals surface area contributed by atoms with Gasteiger partial charge in [-0.05, 0) is 18.0 Å². The average Bonchev–Trinajstić information content (AvgIpc) is 2.55. The molecule has 0 saturated carbocycles. The van der Waals surface area contributed by atoms with E-state index in [1.807, 2.05) is 11.5 Å². The average molecular weight is 278 g/mol. The molecule has 0 amide bonds. The van der Waals surface area contributed by atoms with Gasteiger partial charge in [0.2, 0.25) is 5.28 Å². The topological polar surface area (TPSA) is 47.8 Å². The largest absolute Gasteiger partial charge is 0.301 e. The van der Waals surface area contributed by atoms with Gasteiger partial charge in [-0.25, -0.2) is 0 Å². The van der Waals surface area contributed by atoms with Crippen LogP contribution in [-0.4, -0.2) is 30.5 Å². The summed E-state index contributed by atoms with van der Waals surface area (Å²) in [4.78, 5) is 0. The number of hydrogen-bond donors (Lipinski definition) is 0. The molecular formula is C11H20ClN3OS. The zero-order chi connectivity index (χ0) is 13.2. The van der Waals surface area contributed by atoms with Gasteiger partial charge in [0, 0.05) is 34.3 Å². The van der Waals surface area contributed by atoms with Gasteiger partial charge in [0.15, 0.2) is 0 Å². The molecule has 1 rings (SSSR count). The van der Waals surface area contributed by atoms with E-state index in [9.17, 15) is 4.21 Å². The fraction of sp³-hybridized carbons (Fsp3) is 0.818. The summed E-state index contributed by atoms with van der Waals surface area (Å²) in [6, 6.07) is 0. The summed E-state index contributed by atoms with van der Waals surface area (Å²) in [5.74, 6) is 0.872. The minimum Gasteiger partial charge on any atom is -0.301 e. The highest BCUT2D eigenvalue weighted by molar-refractivity contribution is 7.84.